The number of carboxylic acid groups (broad SMARTS) is 1. The number of nitriles is 1. The molecule has 4 aromatic rings. The molecule has 0 amide bonds. The van der Waals surface area contributed by atoms with Crippen LogP contribution >= 0.6 is 0 Å². The molecule has 208 valence electrons. The number of ether oxygens (including phenoxy) is 2. The summed E-state index contributed by atoms with van der Waals surface area (Å²) in [6.07, 6.45) is 4.85. The van der Waals surface area contributed by atoms with Crippen molar-refractivity contribution in [3.8, 4) is 11.9 Å². The van der Waals surface area contributed by atoms with Crippen LogP contribution in [-0.4, -0.2) is 51.4 Å². The Morgan fingerprint density at radius 2 is 2.00 bits per heavy atom. The van der Waals surface area contributed by atoms with Crippen LogP contribution in [0.3, 0.4) is 0 Å². The van der Waals surface area contributed by atoms with Crippen molar-refractivity contribution in [2.24, 2.45) is 0 Å². The van der Waals surface area contributed by atoms with E-state index < -0.39 is 11.8 Å². The fourth-order valence-electron chi connectivity index (χ4n) is 5.10. The van der Waals surface area contributed by atoms with E-state index in [1.54, 1.807) is 36.4 Å². The van der Waals surface area contributed by atoms with Crippen LogP contribution in [-0.2, 0) is 17.9 Å². The Balaban J connectivity index is 1.14. The number of nitrogens with zero attached hydrogens (tertiary/aromatic N) is 5. The molecule has 6 rings (SSSR count). The number of carbonyl (C=O) groups is 1. The van der Waals surface area contributed by atoms with Crippen LogP contribution in [0, 0.1) is 17.1 Å². The molecule has 9 nitrogen and oxygen atoms in total. The van der Waals surface area contributed by atoms with Crippen LogP contribution in [0.15, 0.2) is 60.2 Å². The van der Waals surface area contributed by atoms with Gasteiger partial charge in [-0.25, -0.2) is 14.2 Å². The van der Waals surface area contributed by atoms with Crippen LogP contribution in [0.5, 0.6) is 5.88 Å². The molecule has 0 saturated carbocycles. The fraction of sp³-hybridized carbons (Fsp3) is 0.290. The van der Waals surface area contributed by atoms with Gasteiger partial charge >= 0.3 is 5.97 Å². The molecule has 0 bridgehead atoms. The number of piperidine rings is 1. The van der Waals surface area contributed by atoms with Crippen molar-refractivity contribution in [3.63, 3.8) is 0 Å². The Labute approximate surface area is 236 Å². The summed E-state index contributed by atoms with van der Waals surface area (Å²) >= 11 is 0. The Morgan fingerprint density at radius 1 is 1.17 bits per heavy atom. The minimum absolute atomic E-state index is 0.0156. The standard InChI is InChI=1S/C31H28FN5O4/c32-25-14-21(17-33)4-5-23(25)19-41-30-3-1-2-28(35-30)36-11-8-20(9-12-36)15-29-34-26-7-6-22(31(38)39)16-27(26)37(29)18-24-10-13-40-24/h1-7,14-16,24H,8-13,18-19H2,(H,38,39)/t24-/m0/s1. The maximum Gasteiger partial charge on any atom is 0.335 e. The van der Waals surface area contributed by atoms with Gasteiger partial charge in [0, 0.05) is 31.3 Å². The lowest BCUT2D eigenvalue weighted by atomic mass is 10.0. The average molecular weight is 554 g/mol. The first kappa shape index (κ1) is 26.5. The van der Waals surface area contributed by atoms with E-state index in [-0.39, 0.29) is 23.8 Å². The summed E-state index contributed by atoms with van der Waals surface area (Å²) in [7, 11) is 0. The minimum Gasteiger partial charge on any atom is -0.478 e. The number of pyridine rings is 1. The quantitative estimate of drug-likeness (QED) is 0.317. The zero-order chi connectivity index (χ0) is 28.3. The molecule has 2 aliphatic rings. The van der Waals surface area contributed by atoms with Gasteiger partial charge in [-0.15, -0.1) is 0 Å². The number of imidazole rings is 1. The molecule has 2 saturated heterocycles. The van der Waals surface area contributed by atoms with Crippen LogP contribution in [0.25, 0.3) is 17.1 Å². The van der Waals surface area contributed by atoms with Gasteiger partial charge in [-0.1, -0.05) is 17.7 Å². The average Bonchev–Trinajstić information content (AvgIpc) is 3.30. The molecular weight excluding hydrogens is 525 g/mol. The first-order valence-corrected chi connectivity index (χ1v) is 13.5. The molecule has 4 heterocycles. The van der Waals surface area contributed by atoms with E-state index in [1.165, 1.54) is 11.6 Å². The van der Waals surface area contributed by atoms with Gasteiger partial charge in [-0.3, -0.25) is 0 Å². The van der Waals surface area contributed by atoms with Gasteiger partial charge in [0.05, 0.1) is 40.9 Å². The summed E-state index contributed by atoms with van der Waals surface area (Å²) in [4.78, 5) is 23.2. The largest absolute Gasteiger partial charge is 0.478 e. The maximum atomic E-state index is 14.2. The topological polar surface area (TPSA) is 114 Å². The predicted molar refractivity (Wildman–Crippen MR) is 150 cm³/mol. The Kier molecular flexibility index (Phi) is 7.35. The molecule has 0 unspecified atom stereocenters. The van der Waals surface area contributed by atoms with Crippen molar-refractivity contribution in [1.82, 2.24) is 14.5 Å². The fourth-order valence-corrected chi connectivity index (χ4v) is 5.10. The number of aromatic nitrogens is 3. The Hall–Kier alpha value is -4.75. The number of halogens is 1. The van der Waals surface area contributed by atoms with Gasteiger partial charge in [-0.05, 0) is 61.7 Å². The zero-order valence-electron chi connectivity index (χ0n) is 22.3. The highest BCUT2D eigenvalue weighted by Gasteiger charge is 2.23. The molecule has 2 fully saturated rings. The summed E-state index contributed by atoms with van der Waals surface area (Å²) < 4.78 is 27.7. The Bertz CT molecular complexity index is 1680. The van der Waals surface area contributed by atoms with E-state index in [9.17, 15) is 14.3 Å². The van der Waals surface area contributed by atoms with E-state index in [0.29, 0.717) is 18.0 Å². The minimum atomic E-state index is -0.962. The number of aromatic carboxylic acids is 1. The smallest absolute Gasteiger partial charge is 0.335 e. The van der Waals surface area contributed by atoms with E-state index in [4.69, 9.17) is 19.7 Å². The number of benzene rings is 2. The van der Waals surface area contributed by atoms with Crippen LogP contribution in [0.1, 0.15) is 46.6 Å². The lowest BCUT2D eigenvalue weighted by Crippen LogP contribution is -2.32. The molecule has 0 aliphatic carbocycles. The second-order valence-corrected chi connectivity index (χ2v) is 10.2. The highest BCUT2D eigenvalue weighted by atomic mass is 19.1. The van der Waals surface area contributed by atoms with Gasteiger partial charge < -0.3 is 24.0 Å². The van der Waals surface area contributed by atoms with Crippen molar-refractivity contribution in [1.29, 1.82) is 5.26 Å². The monoisotopic (exact) mass is 553 g/mol. The molecule has 1 N–H and O–H groups in total. The van der Waals surface area contributed by atoms with Crippen LogP contribution < -0.4 is 9.64 Å². The van der Waals surface area contributed by atoms with Gasteiger partial charge in [0.2, 0.25) is 5.88 Å². The normalized spacial score (nSPS) is 16.7. The number of fused-ring (bicyclic) bond motifs is 1. The van der Waals surface area contributed by atoms with Crippen LogP contribution in [0.2, 0.25) is 0 Å². The SMILES string of the molecule is N#Cc1ccc(COc2cccc(N3CCC(=Cc4nc5ccc(C(=O)O)cc5n4C[C@@H]4CCO4)CC3)n2)c(F)c1. The second kappa shape index (κ2) is 11.4. The summed E-state index contributed by atoms with van der Waals surface area (Å²) in [5.41, 5.74) is 3.68. The van der Waals surface area contributed by atoms with Crippen molar-refractivity contribution < 1.29 is 23.8 Å². The molecule has 1 atom stereocenters. The van der Waals surface area contributed by atoms with Gasteiger partial charge in [0.25, 0.3) is 0 Å². The maximum absolute atomic E-state index is 14.2. The molecular formula is C31H28FN5O4. The number of anilines is 1. The first-order valence-electron chi connectivity index (χ1n) is 13.5. The summed E-state index contributed by atoms with van der Waals surface area (Å²) in [5, 5.41) is 18.4. The molecule has 10 heteroatoms. The molecule has 41 heavy (non-hydrogen) atoms. The van der Waals surface area contributed by atoms with Gasteiger partial charge in [0.15, 0.2) is 0 Å². The second-order valence-electron chi connectivity index (χ2n) is 10.2. The number of carboxylic acids is 1. The molecule has 0 spiro atoms. The van der Waals surface area contributed by atoms with Crippen molar-refractivity contribution >= 4 is 28.9 Å². The summed E-state index contributed by atoms with van der Waals surface area (Å²) in [5.74, 6) is 0.561. The number of hydrogen-bond donors (Lipinski definition) is 1. The lowest BCUT2D eigenvalue weighted by Gasteiger charge is -2.30. The summed E-state index contributed by atoms with van der Waals surface area (Å²) in [6, 6.07) is 16.8. The third-order valence-electron chi connectivity index (χ3n) is 7.53. The molecule has 2 aliphatic heterocycles. The van der Waals surface area contributed by atoms with E-state index in [0.717, 1.165) is 61.6 Å². The van der Waals surface area contributed by atoms with Crippen LogP contribution in [0.4, 0.5) is 10.2 Å². The third kappa shape index (κ3) is 5.76. The lowest BCUT2D eigenvalue weighted by molar-refractivity contribution is -0.0587. The predicted octanol–water partition coefficient (Wildman–Crippen LogP) is 5.19. The van der Waals surface area contributed by atoms with Gasteiger partial charge in [0.1, 0.15) is 24.1 Å². The zero-order valence-corrected chi connectivity index (χ0v) is 22.3. The number of rotatable bonds is 8. The van der Waals surface area contributed by atoms with Crippen molar-refractivity contribution in [2.75, 3.05) is 24.6 Å². The molecule has 2 aromatic heterocycles. The first-order chi connectivity index (χ1) is 20.0. The Morgan fingerprint density at radius 3 is 2.71 bits per heavy atom. The summed E-state index contributed by atoms with van der Waals surface area (Å²) in [6.45, 7) is 2.93. The van der Waals surface area contributed by atoms with E-state index in [2.05, 4.69) is 20.5 Å². The molecule has 0 radical (unpaired) electrons. The van der Waals surface area contributed by atoms with Gasteiger partial charge in [-0.2, -0.15) is 10.2 Å². The van der Waals surface area contributed by atoms with Crippen molar-refractivity contribution in [2.45, 2.75) is 38.5 Å². The van der Waals surface area contributed by atoms with Crippen molar-refractivity contribution in [3.05, 3.63) is 88.5 Å². The third-order valence-corrected chi connectivity index (χ3v) is 7.53. The number of hydrogen-bond acceptors (Lipinski definition) is 7. The highest BCUT2D eigenvalue weighted by molar-refractivity contribution is 5.92. The molecule has 2 aromatic carbocycles. The van der Waals surface area contributed by atoms with E-state index >= 15 is 0 Å². The van der Waals surface area contributed by atoms with E-state index in [1.807, 2.05) is 18.2 Å². The highest BCUT2D eigenvalue weighted by Crippen LogP contribution is 2.28.